The lowest BCUT2D eigenvalue weighted by atomic mass is 9.99. The van der Waals surface area contributed by atoms with Gasteiger partial charge in [0.25, 0.3) is 5.56 Å². The molecular weight excluding hydrogens is 442 g/mol. The third kappa shape index (κ3) is 5.37. The second-order valence-electron chi connectivity index (χ2n) is 8.81. The van der Waals surface area contributed by atoms with E-state index in [2.05, 4.69) is 33.9 Å². The van der Waals surface area contributed by atoms with Crippen LogP contribution < -0.4 is 10.3 Å². The number of nitrogens with zero attached hydrogens (tertiary/aromatic N) is 2. The maximum Gasteiger partial charge on any atom is 0.255 e. The second-order valence-corrected chi connectivity index (χ2v) is 8.81. The predicted octanol–water partition coefficient (Wildman–Crippen LogP) is 4.44. The van der Waals surface area contributed by atoms with Gasteiger partial charge in [0.1, 0.15) is 5.75 Å². The Hall–Kier alpha value is -3.68. The van der Waals surface area contributed by atoms with Crippen molar-refractivity contribution in [3.63, 3.8) is 0 Å². The van der Waals surface area contributed by atoms with Crippen molar-refractivity contribution in [2.75, 3.05) is 33.4 Å². The molecule has 1 aliphatic rings. The number of pyridine rings is 1. The molecule has 7 nitrogen and oxygen atoms in total. The zero-order valence-electron chi connectivity index (χ0n) is 20.0. The van der Waals surface area contributed by atoms with Crippen LogP contribution in [0.2, 0.25) is 0 Å². The highest BCUT2D eigenvalue weighted by atomic mass is 16.5. The van der Waals surface area contributed by atoms with Gasteiger partial charge in [-0.25, -0.2) is 4.98 Å². The van der Waals surface area contributed by atoms with Crippen LogP contribution in [0.15, 0.2) is 70.1 Å². The van der Waals surface area contributed by atoms with Crippen molar-refractivity contribution in [2.45, 2.75) is 19.9 Å². The van der Waals surface area contributed by atoms with Crippen molar-refractivity contribution in [2.24, 2.45) is 0 Å². The Labute approximate surface area is 204 Å². The minimum Gasteiger partial charge on any atom is -0.497 e. The van der Waals surface area contributed by atoms with Gasteiger partial charge in [-0.2, -0.15) is 0 Å². The molecule has 0 bridgehead atoms. The van der Waals surface area contributed by atoms with Crippen LogP contribution in [-0.2, 0) is 17.7 Å². The van der Waals surface area contributed by atoms with E-state index in [1.807, 2.05) is 36.4 Å². The zero-order valence-corrected chi connectivity index (χ0v) is 20.0. The molecule has 1 saturated heterocycles. The number of nitrogens with one attached hydrogen (secondary N) is 1. The SMILES string of the molecule is COc1ccc(C)c(Cc2ncc(-c3cc(CN4CCOCC4)cc(-c4ccc[nH]c4=O)c3)o2)c1. The average molecular weight is 472 g/mol. The molecule has 0 amide bonds. The molecule has 0 atom stereocenters. The van der Waals surface area contributed by atoms with Crippen LogP contribution in [0.3, 0.4) is 0 Å². The third-order valence-corrected chi connectivity index (χ3v) is 6.37. The van der Waals surface area contributed by atoms with E-state index in [1.165, 1.54) is 0 Å². The summed E-state index contributed by atoms with van der Waals surface area (Å²) in [6.45, 7) is 6.09. The molecular formula is C28H29N3O4. The van der Waals surface area contributed by atoms with E-state index in [9.17, 15) is 4.79 Å². The maximum absolute atomic E-state index is 12.5. The van der Waals surface area contributed by atoms with Gasteiger partial charge in [0.2, 0.25) is 0 Å². The maximum atomic E-state index is 12.5. The van der Waals surface area contributed by atoms with Gasteiger partial charge < -0.3 is 18.9 Å². The van der Waals surface area contributed by atoms with Crippen LogP contribution in [0.25, 0.3) is 22.5 Å². The molecule has 0 aliphatic carbocycles. The van der Waals surface area contributed by atoms with Gasteiger partial charge in [-0.1, -0.05) is 6.07 Å². The lowest BCUT2D eigenvalue weighted by Crippen LogP contribution is -2.35. The van der Waals surface area contributed by atoms with E-state index in [0.717, 1.165) is 66.4 Å². The molecule has 0 radical (unpaired) electrons. The Bertz CT molecular complexity index is 1370. The number of H-pyrrole nitrogens is 1. The largest absolute Gasteiger partial charge is 0.497 e. The Morgan fingerprint density at radius 3 is 2.71 bits per heavy atom. The molecule has 1 N–H and O–H groups in total. The number of hydrogen-bond acceptors (Lipinski definition) is 6. The van der Waals surface area contributed by atoms with Crippen LogP contribution in [0.5, 0.6) is 5.75 Å². The van der Waals surface area contributed by atoms with E-state index < -0.39 is 0 Å². The molecule has 5 rings (SSSR count). The van der Waals surface area contributed by atoms with Gasteiger partial charge in [0.05, 0.1) is 26.5 Å². The molecule has 3 heterocycles. The Morgan fingerprint density at radius 1 is 1.09 bits per heavy atom. The van der Waals surface area contributed by atoms with Crippen molar-refractivity contribution in [3.8, 4) is 28.2 Å². The smallest absolute Gasteiger partial charge is 0.255 e. The highest BCUT2D eigenvalue weighted by molar-refractivity contribution is 5.71. The van der Waals surface area contributed by atoms with Gasteiger partial charge in [-0.15, -0.1) is 0 Å². The minimum absolute atomic E-state index is 0.117. The summed E-state index contributed by atoms with van der Waals surface area (Å²) in [6, 6.07) is 15.9. The summed E-state index contributed by atoms with van der Waals surface area (Å²) in [4.78, 5) is 22.2. The average Bonchev–Trinajstić information content (AvgIpc) is 3.35. The number of hydrogen-bond donors (Lipinski definition) is 1. The zero-order chi connectivity index (χ0) is 24.2. The Morgan fingerprint density at radius 2 is 1.91 bits per heavy atom. The van der Waals surface area contributed by atoms with Gasteiger partial charge in [0, 0.05) is 43.4 Å². The first kappa shape index (κ1) is 23.1. The van der Waals surface area contributed by atoms with Crippen LogP contribution in [-0.4, -0.2) is 48.3 Å². The fourth-order valence-electron chi connectivity index (χ4n) is 4.40. The second kappa shape index (κ2) is 10.3. The first-order valence-corrected chi connectivity index (χ1v) is 11.8. The molecule has 7 heteroatoms. The quantitative estimate of drug-likeness (QED) is 0.429. The van der Waals surface area contributed by atoms with Crippen molar-refractivity contribution in [1.29, 1.82) is 0 Å². The van der Waals surface area contributed by atoms with E-state index in [0.29, 0.717) is 23.6 Å². The predicted molar refractivity (Wildman–Crippen MR) is 135 cm³/mol. The fourth-order valence-corrected chi connectivity index (χ4v) is 4.40. The third-order valence-electron chi connectivity index (χ3n) is 6.37. The van der Waals surface area contributed by atoms with Crippen LogP contribution in [0.4, 0.5) is 0 Å². The summed E-state index contributed by atoms with van der Waals surface area (Å²) in [6.07, 6.45) is 3.98. The van der Waals surface area contributed by atoms with E-state index in [4.69, 9.17) is 13.9 Å². The highest BCUT2D eigenvalue weighted by Gasteiger charge is 2.16. The number of methoxy groups -OCH3 is 1. The van der Waals surface area contributed by atoms with Gasteiger partial charge in [-0.3, -0.25) is 9.69 Å². The topological polar surface area (TPSA) is 80.6 Å². The highest BCUT2D eigenvalue weighted by Crippen LogP contribution is 2.29. The molecule has 1 fully saturated rings. The number of ether oxygens (including phenoxy) is 2. The van der Waals surface area contributed by atoms with Crippen molar-refractivity contribution < 1.29 is 13.9 Å². The Balaban J connectivity index is 1.48. The number of oxazole rings is 1. The summed E-state index contributed by atoms with van der Waals surface area (Å²) in [5.41, 5.74) is 5.64. The minimum atomic E-state index is -0.117. The van der Waals surface area contributed by atoms with Gasteiger partial charge >= 0.3 is 0 Å². The first-order valence-electron chi connectivity index (χ1n) is 11.8. The summed E-state index contributed by atoms with van der Waals surface area (Å²) < 4.78 is 17.1. The monoisotopic (exact) mass is 471 g/mol. The molecule has 0 unspecified atom stereocenters. The van der Waals surface area contributed by atoms with Crippen molar-refractivity contribution in [3.05, 3.63) is 93.9 Å². The van der Waals surface area contributed by atoms with E-state index >= 15 is 0 Å². The van der Waals surface area contributed by atoms with Crippen LogP contribution in [0, 0.1) is 6.92 Å². The summed E-state index contributed by atoms with van der Waals surface area (Å²) >= 11 is 0. The molecule has 0 saturated carbocycles. The molecule has 2 aromatic carbocycles. The van der Waals surface area contributed by atoms with Gasteiger partial charge in [-0.05, 0) is 71.6 Å². The molecule has 4 aromatic rings. The lowest BCUT2D eigenvalue weighted by molar-refractivity contribution is 0.0342. The van der Waals surface area contributed by atoms with Gasteiger partial charge in [0.15, 0.2) is 11.7 Å². The molecule has 0 spiro atoms. The van der Waals surface area contributed by atoms with E-state index in [-0.39, 0.29) is 5.56 Å². The lowest BCUT2D eigenvalue weighted by Gasteiger charge is -2.26. The van der Waals surface area contributed by atoms with Crippen LogP contribution in [0.1, 0.15) is 22.6 Å². The summed E-state index contributed by atoms with van der Waals surface area (Å²) in [7, 11) is 1.66. The number of morpholine rings is 1. The normalized spacial score (nSPS) is 14.2. The van der Waals surface area contributed by atoms with E-state index in [1.54, 1.807) is 19.5 Å². The standard InChI is InChI=1S/C28H29N3O4/c1-19-5-6-24(33-2)15-21(19)16-27-30-17-26(35-27)23-13-20(18-31-8-10-34-11-9-31)12-22(14-23)25-4-3-7-29-28(25)32/h3-7,12-15,17H,8-11,16,18H2,1-2H3,(H,29,32). The van der Waals surface area contributed by atoms with Crippen molar-refractivity contribution in [1.82, 2.24) is 14.9 Å². The molecule has 1 aliphatic heterocycles. The summed E-state index contributed by atoms with van der Waals surface area (Å²) in [5, 5.41) is 0. The molecule has 180 valence electrons. The number of aromatic amines is 1. The first-order chi connectivity index (χ1) is 17.1. The van der Waals surface area contributed by atoms with Crippen molar-refractivity contribution >= 4 is 0 Å². The number of rotatable bonds is 7. The number of benzene rings is 2. The number of aryl methyl sites for hydroxylation is 1. The Kier molecular flexibility index (Phi) is 6.79. The molecule has 35 heavy (non-hydrogen) atoms. The fraction of sp³-hybridized carbons (Fsp3) is 0.286. The summed E-state index contributed by atoms with van der Waals surface area (Å²) in [5.74, 6) is 2.12. The number of aromatic nitrogens is 2. The van der Waals surface area contributed by atoms with Crippen LogP contribution >= 0.6 is 0 Å². The molecule has 2 aromatic heterocycles.